The molecule has 5 heteroatoms. The first-order chi connectivity index (χ1) is 13.1. The largest absolute Gasteiger partial charge is 0.506 e. The Balaban J connectivity index is 1.28. The van der Waals surface area contributed by atoms with E-state index in [2.05, 4.69) is 9.80 Å². The third-order valence-electron chi connectivity index (χ3n) is 7.58. The number of nitrogens with zero attached hydrogens (tertiary/aromatic N) is 2. The van der Waals surface area contributed by atoms with Gasteiger partial charge in [0.25, 0.3) is 0 Å². The fraction of sp³-hybridized carbons (Fsp3) is 0.682. The molecule has 4 aliphatic carbocycles. The Labute approximate surface area is 161 Å². The van der Waals surface area contributed by atoms with Crippen molar-refractivity contribution in [2.45, 2.75) is 38.5 Å². The van der Waals surface area contributed by atoms with Crippen molar-refractivity contribution in [1.29, 1.82) is 0 Å². The zero-order valence-corrected chi connectivity index (χ0v) is 16.2. The van der Waals surface area contributed by atoms with Gasteiger partial charge in [-0.1, -0.05) is 0 Å². The van der Waals surface area contributed by atoms with Gasteiger partial charge in [-0.3, -0.25) is 4.79 Å². The summed E-state index contributed by atoms with van der Waals surface area (Å²) < 4.78 is 5.30. The summed E-state index contributed by atoms with van der Waals surface area (Å²) in [5, 5.41) is 10.2. The van der Waals surface area contributed by atoms with Crippen molar-refractivity contribution in [1.82, 2.24) is 4.90 Å². The average molecular weight is 370 g/mol. The van der Waals surface area contributed by atoms with Crippen molar-refractivity contribution in [3.8, 4) is 11.5 Å². The molecule has 5 aliphatic rings. The van der Waals surface area contributed by atoms with Crippen LogP contribution in [0.2, 0.25) is 0 Å². The van der Waals surface area contributed by atoms with E-state index in [0.717, 1.165) is 74.6 Å². The Morgan fingerprint density at radius 3 is 2.19 bits per heavy atom. The maximum absolute atomic E-state index is 13.5. The monoisotopic (exact) mass is 370 g/mol. The third-order valence-corrected chi connectivity index (χ3v) is 7.58. The smallest absolute Gasteiger partial charge is 0.228 e. The first-order valence-electron chi connectivity index (χ1n) is 10.5. The number of carbonyl (C=O) groups is 1. The SMILES string of the molecule is COc1ccc(O)c(N2CCN(C(=O)C34CC5CC(CC(C5)C3)C4)CC2)c1. The van der Waals surface area contributed by atoms with Crippen molar-refractivity contribution in [3.05, 3.63) is 18.2 Å². The van der Waals surface area contributed by atoms with Crippen LogP contribution in [-0.2, 0) is 4.79 Å². The number of rotatable bonds is 3. The van der Waals surface area contributed by atoms with Gasteiger partial charge in [-0.15, -0.1) is 0 Å². The number of carbonyl (C=O) groups excluding carboxylic acids is 1. The summed E-state index contributed by atoms with van der Waals surface area (Å²) in [7, 11) is 1.64. The Kier molecular flexibility index (Phi) is 4.03. The number of aromatic hydroxyl groups is 1. The molecule has 146 valence electrons. The lowest BCUT2D eigenvalue weighted by atomic mass is 9.49. The van der Waals surface area contributed by atoms with Crippen molar-refractivity contribution in [2.24, 2.45) is 23.2 Å². The molecule has 6 rings (SSSR count). The van der Waals surface area contributed by atoms with Gasteiger partial charge < -0.3 is 19.6 Å². The van der Waals surface area contributed by atoms with Gasteiger partial charge in [0.2, 0.25) is 5.91 Å². The normalized spacial score (nSPS) is 34.8. The predicted molar refractivity (Wildman–Crippen MR) is 104 cm³/mol. The van der Waals surface area contributed by atoms with Gasteiger partial charge in [0.1, 0.15) is 11.5 Å². The zero-order chi connectivity index (χ0) is 18.6. The first-order valence-corrected chi connectivity index (χ1v) is 10.5. The number of phenolic OH excluding ortho intramolecular Hbond substituents is 1. The zero-order valence-electron chi connectivity index (χ0n) is 16.2. The maximum atomic E-state index is 13.5. The fourth-order valence-corrected chi connectivity index (χ4v) is 6.74. The average Bonchev–Trinajstić information content (AvgIpc) is 2.67. The van der Waals surface area contributed by atoms with Crippen LogP contribution in [0.4, 0.5) is 5.69 Å². The molecular formula is C22H30N2O3. The Bertz CT molecular complexity index is 704. The van der Waals surface area contributed by atoms with E-state index < -0.39 is 0 Å². The van der Waals surface area contributed by atoms with E-state index in [9.17, 15) is 9.90 Å². The molecule has 4 bridgehead atoms. The molecule has 1 aromatic rings. The molecule has 1 saturated heterocycles. The minimum absolute atomic E-state index is 0.0466. The third kappa shape index (κ3) is 2.86. The second-order valence-electron chi connectivity index (χ2n) is 9.33. The van der Waals surface area contributed by atoms with Crippen molar-refractivity contribution >= 4 is 11.6 Å². The van der Waals surface area contributed by atoms with E-state index in [4.69, 9.17) is 4.74 Å². The van der Waals surface area contributed by atoms with Crippen LogP contribution in [0.25, 0.3) is 0 Å². The van der Waals surface area contributed by atoms with E-state index in [1.807, 2.05) is 6.07 Å². The van der Waals surface area contributed by atoms with Gasteiger partial charge in [0.15, 0.2) is 0 Å². The fourth-order valence-electron chi connectivity index (χ4n) is 6.74. The van der Waals surface area contributed by atoms with E-state index in [1.54, 1.807) is 19.2 Å². The van der Waals surface area contributed by atoms with Crippen LogP contribution in [0.5, 0.6) is 11.5 Å². The van der Waals surface area contributed by atoms with Gasteiger partial charge in [-0.2, -0.15) is 0 Å². The molecule has 0 unspecified atom stereocenters. The second-order valence-corrected chi connectivity index (χ2v) is 9.33. The van der Waals surface area contributed by atoms with E-state index in [1.165, 1.54) is 19.3 Å². The molecular weight excluding hydrogens is 340 g/mol. The molecule has 1 N–H and O–H groups in total. The van der Waals surface area contributed by atoms with Crippen LogP contribution in [0.3, 0.4) is 0 Å². The minimum Gasteiger partial charge on any atom is -0.506 e. The number of methoxy groups -OCH3 is 1. The summed E-state index contributed by atoms with van der Waals surface area (Å²) in [6.45, 7) is 3.02. The molecule has 0 radical (unpaired) electrons. The number of ether oxygens (including phenoxy) is 1. The number of piperazine rings is 1. The highest BCUT2D eigenvalue weighted by molar-refractivity contribution is 5.83. The summed E-state index contributed by atoms with van der Waals surface area (Å²) in [5.41, 5.74) is 0.755. The van der Waals surface area contributed by atoms with E-state index >= 15 is 0 Å². The molecule has 1 heterocycles. The van der Waals surface area contributed by atoms with Crippen LogP contribution < -0.4 is 9.64 Å². The van der Waals surface area contributed by atoms with Crippen molar-refractivity contribution in [2.75, 3.05) is 38.2 Å². The Morgan fingerprint density at radius 2 is 1.63 bits per heavy atom. The van der Waals surface area contributed by atoms with E-state index in [-0.39, 0.29) is 11.2 Å². The quantitative estimate of drug-likeness (QED) is 0.887. The van der Waals surface area contributed by atoms with Crippen LogP contribution in [0, 0.1) is 23.2 Å². The highest BCUT2D eigenvalue weighted by atomic mass is 16.5. The summed E-state index contributed by atoms with van der Waals surface area (Å²) in [6, 6.07) is 5.33. The van der Waals surface area contributed by atoms with E-state index in [0.29, 0.717) is 5.91 Å². The summed E-state index contributed by atoms with van der Waals surface area (Å²) in [5.74, 6) is 3.85. The lowest BCUT2D eigenvalue weighted by molar-refractivity contribution is -0.158. The molecule has 1 aliphatic heterocycles. The maximum Gasteiger partial charge on any atom is 0.228 e. The van der Waals surface area contributed by atoms with Gasteiger partial charge in [-0.25, -0.2) is 0 Å². The summed E-state index contributed by atoms with van der Waals surface area (Å²) in [4.78, 5) is 17.8. The van der Waals surface area contributed by atoms with Crippen LogP contribution >= 0.6 is 0 Å². The van der Waals surface area contributed by atoms with Crippen LogP contribution in [0.15, 0.2) is 18.2 Å². The van der Waals surface area contributed by atoms with Crippen molar-refractivity contribution < 1.29 is 14.6 Å². The van der Waals surface area contributed by atoms with Crippen molar-refractivity contribution in [3.63, 3.8) is 0 Å². The number of amides is 1. The summed E-state index contributed by atoms with van der Waals surface area (Å²) >= 11 is 0. The molecule has 1 aromatic carbocycles. The standard InChI is InChI=1S/C22H30N2O3/c1-27-18-2-3-20(25)19(11-18)23-4-6-24(7-5-23)21(26)22-12-15-8-16(13-22)10-17(9-15)14-22/h2-3,11,15-17,25H,4-10,12-14H2,1H3. The number of hydrogen-bond acceptors (Lipinski definition) is 4. The molecule has 0 atom stereocenters. The van der Waals surface area contributed by atoms with Gasteiger partial charge in [0, 0.05) is 32.2 Å². The molecule has 4 saturated carbocycles. The number of benzene rings is 1. The number of hydrogen-bond donors (Lipinski definition) is 1. The minimum atomic E-state index is -0.0466. The lowest BCUT2D eigenvalue weighted by Crippen LogP contribution is -2.58. The molecule has 1 amide bonds. The summed E-state index contributed by atoms with van der Waals surface area (Å²) in [6.07, 6.45) is 7.51. The topological polar surface area (TPSA) is 53.0 Å². The molecule has 5 fully saturated rings. The van der Waals surface area contributed by atoms with Crippen LogP contribution in [-0.4, -0.2) is 49.2 Å². The van der Waals surface area contributed by atoms with Gasteiger partial charge in [-0.05, 0) is 68.4 Å². The van der Waals surface area contributed by atoms with Crippen LogP contribution in [0.1, 0.15) is 38.5 Å². The highest BCUT2D eigenvalue weighted by Gasteiger charge is 2.55. The lowest BCUT2D eigenvalue weighted by Gasteiger charge is -2.57. The molecule has 0 spiro atoms. The number of anilines is 1. The predicted octanol–water partition coefficient (Wildman–Crippen LogP) is 3.27. The molecule has 27 heavy (non-hydrogen) atoms. The van der Waals surface area contributed by atoms with Gasteiger partial charge in [0.05, 0.1) is 18.2 Å². The Morgan fingerprint density at radius 1 is 1.04 bits per heavy atom. The molecule has 0 aromatic heterocycles. The second kappa shape index (κ2) is 6.32. The highest BCUT2D eigenvalue weighted by Crippen LogP contribution is 2.60. The molecule has 5 nitrogen and oxygen atoms in total. The Hall–Kier alpha value is -1.91. The number of phenols is 1. The van der Waals surface area contributed by atoms with Gasteiger partial charge >= 0.3 is 0 Å². The first kappa shape index (κ1) is 17.2.